The second-order valence-corrected chi connectivity index (χ2v) is 3.29. The number of benzene rings is 1. The van der Waals surface area contributed by atoms with Crippen LogP contribution in [0.3, 0.4) is 0 Å². The Morgan fingerprint density at radius 2 is 2.15 bits per heavy atom. The molecule has 0 spiro atoms. The van der Waals surface area contributed by atoms with E-state index in [2.05, 4.69) is 4.98 Å². The second-order valence-electron chi connectivity index (χ2n) is 2.85. The Hall–Kier alpha value is -1.42. The molecular formula is C9H9N3S. The summed E-state index contributed by atoms with van der Waals surface area (Å²) in [6.45, 7) is 0. The van der Waals surface area contributed by atoms with E-state index in [0.717, 1.165) is 11.0 Å². The third-order valence-corrected chi connectivity index (χ3v) is 2.19. The van der Waals surface area contributed by atoms with Crippen LogP contribution >= 0.6 is 12.2 Å². The van der Waals surface area contributed by atoms with Gasteiger partial charge in [-0.25, -0.2) is 4.98 Å². The Kier molecular flexibility index (Phi) is 1.77. The maximum atomic E-state index is 5.53. The van der Waals surface area contributed by atoms with Crippen LogP contribution in [0.25, 0.3) is 11.0 Å². The molecule has 0 unspecified atom stereocenters. The van der Waals surface area contributed by atoms with Crippen LogP contribution in [-0.2, 0) is 7.05 Å². The van der Waals surface area contributed by atoms with E-state index in [0.29, 0.717) is 10.8 Å². The van der Waals surface area contributed by atoms with Gasteiger partial charge in [-0.05, 0) is 12.1 Å². The van der Waals surface area contributed by atoms with Crippen molar-refractivity contribution in [3.8, 4) is 0 Å². The van der Waals surface area contributed by atoms with E-state index in [1.807, 2.05) is 35.9 Å². The van der Waals surface area contributed by atoms with Gasteiger partial charge in [0.15, 0.2) is 5.82 Å². The molecule has 0 saturated heterocycles. The highest BCUT2D eigenvalue weighted by Gasteiger charge is 2.07. The number of hydrogen-bond donors (Lipinski definition) is 1. The lowest BCUT2D eigenvalue weighted by Crippen LogP contribution is -2.15. The summed E-state index contributed by atoms with van der Waals surface area (Å²) >= 11 is 4.88. The van der Waals surface area contributed by atoms with Gasteiger partial charge in [-0.1, -0.05) is 24.4 Å². The van der Waals surface area contributed by atoms with Gasteiger partial charge >= 0.3 is 0 Å². The highest BCUT2D eigenvalue weighted by Crippen LogP contribution is 2.13. The summed E-state index contributed by atoms with van der Waals surface area (Å²) in [6, 6.07) is 7.84. The van der Waals surface area contributed by atoms with Crippen LogP contribution in [0.1, 0.15) is 5.82 Å². The van der Waals surface area contributed by atoms with Crippen molar-refractivity contribution < 1.29 is 0 Å². The Morgan fingerprint density at radius 1 is 1.46 bits per heavy atom. The number of imidazole rings is 1. The van der Waals surface area contributed by atoms with Gasteiger partial charge in [-0.15, -0.1) is 0 Å². The summed E-state index contributed by atoms with van der Waals surface area (Å²) in [4.78, 5) is 4.64. The Labute approximate surface area is 81.2 Å². The molecule has 2 N–H and O–H groups in total. The molecule has 0 atom stereocenters. The summed E-state index contributed by atoms with van der Waals surface area (Å²) in [7, 11) is 1.91. The predicted octanol–water partition coefficient (Wildman–Crippen LogP) is 1.21. The average Bonchev–Trinajstić information content (AvgIpc) is 2.45. The lowest BCUT2D eigenvalue weighted by molar-refractivity contribution is 0.931. The standard InChI is InChI=1S/C9H9N3S/c1-12-7-5-3-2-4-6(7)11-9(12)8(10)13/h2-5H,1H3,(H2,10,13). The molecule has 0 bridgehead atoms. The zero-order valence-electron chi connectivity index (χ0n) is 7.19. The van der Waals surface area contributed by atoms with Crippen LogP contribution in [0.2, 0.25) is 0 Å². The number of rotatable bonds is 1. The Morgan fingerprint density at radius 3 is 2.77 bits per heavy atom. The molecule has 0 aliphatic carbocycles. The average molecular weight is 191 g/mol. The number of nitrogens with two attached hydrogens (primary N) is 1. The summed E-state index contributed by atoms with van der Waals surface area (Å²) in [6.07, 6.45) is 0. The third kappa shape index (κ3) is 1.19. The van der Waals surface area contributed by atoms with Crippen LogP contribution in [0.5, 0.6) is 0 Å². The van der Waals surface area contributed by atoms with E-state index in [-0.39, 0.29) is 0 Å². The van der Waals surface area contributed by atoms with E-state index in [1.54, 1.807) is 0 Å². The summed E-state index contributed by atoms with van der Waals surface area (Å²) in [5, 5.41) is 0. The van der Waals surface area contributed by atoms with Gasteiger partial charge in [0.25, 0.3) is 0 Å². The fraction of sp³-hybridized carbons (Fsp3) is 0.111. The molecule has 3 nitrogen and oxygen atoms in total. The molecule has 13 heavy (non-hydrogen) atoms. The molecule has 0 fully saturated rings. The fourth-order valence-corrected chi connectivity index (χ4v) is 1.55. The van der Waals surface area contributed by atoms with Crippen molar-refractivity contribution in [1.82, 2.24) is 9.55 Å². The van der Waals surface area contributed by atoms with Crippen molar-refractivity contribution in [3.05, 3.63) is 30.1 Å². The Bertz CT molecular complexity index is 473. The van der Waals surface area contributed by atoms with Crippen molar-refractivity contribution in [2.45, 2.75) is 0 Å². The van der Waals surface area contributed by atoms with Crippen LogP contribution in [0.4, 0.5) is 0 Å². The first-order valence-electron chi connectivity index (χ1n) is 3.91. The number of aryl methyl sites for hydroxylation is 1. The normalized spacial score (nSPS) is 10.5. The van der Waals surface area contributed by atoms with Gasteiger partial charge in [0.05, 0.1) is 11.0 Å². The van der Waals surface area contributed by atoms with Gasteiger partial charge in [0, 0.05) is 7.05 Å². The van der Waals surface area contributed by atoms with Crippen LogP contribution in [0, 0.1) is 0 Å². The highest BCUT2D eigenvalue weighted by atomic mass is 32.1. The van der Waals surface area contributed by atoms with Crippen molar-refractivity contribution in [1.29, 1.82) is 0 Å². The third-order valence-electron chi connectivity index (χ3n) is 2.01. The molecule has 0 radical (unpaired) electrons. The second kappa shape index (κ2) is 2.81. The van der Waals surface area contributed by atoms with E-state index in [4.69, 9.17) is 18.0 Å². The maximum Gasteiger partial charge on any atom is 0.168 e. The molecule has 0 aliphatic heterocycles. The molecule has 0 saturated carbocycles. The molecule has 1 aromatic carbocycles. The smallest absolute Gasteiger partial charge is 0.168 e. The molecule has 66 valence electrons. The zero-order valence-corrected chi connectivity index (χ0v) is 8.01. The van der Waals surface area contributed by atoms with E-state index in [1.165, 1.54) is 0 Å². The molecular weight excluding hydrogens is 182 g/mol. The molecule has 2 aromatic rings. The van der Waals surface area contributed by atoms with Crippen molar-refractivity contribution >= 4 is 28.2 Å². The molecule has 4 heteroatoms. The minimum absolute atomic E-state index is 0.332. The van der Waals surface area contributed by atoms with E-state index in [9.17, 15) is 0 Å². The highest BCUT2D eigenvalue weighted by molar-refractivity contribution is 7.80. The van der Waals surface area contributed by atoms with Crippen LogP contribution < -0.4 is 5.73 Å². The van der Waals surface area contributed by atoms with Gasteiger partial charge < -0.3 is 10.3 Å². The largest absolute Gasteiger partial charge is 0.387 e. The first kappa shape index (κ1) is 8.19. The SMILES string of the molecule is Cn1c(C(N)=S)nc2ccccc21. The van der Waals surface area contributed by atoms with Crippen molar-refractivity contribution in [2.75, 3.05) is 0 Å². The van der Waals surface area contributed by atoms with Gasteiger partial charge in [0.2, 0.25) is 0 Å². The molecule has 0 amide bonds. The number of hydrogen-bond acceptors (Lipinski definition) is 2. The predicted molar refractivity (Wildman–Crippen MR) is 56.6 cm³/mol. The van der Waals surface area contributed by atoms with Crippen molar-refractivity contribution in [3.63, 3.8) is 0 Å². The summed E-state index contributed by atoms with van der Waals surface area (Å²) < 4.78 is 1.90. The zero-order chi connectivity index (χ0) is 9.42. The van der Waals surface area contributed by atoms with Crippen LogP contribution in [0.15, 0.2) is 24.3 Å². The number of para-hydroxylation sites is 2. The monoisotopic (exact) mass is 191 g/mol. The summed E-state index contributed by atoms with van der Waals surface area (Å²) in [5.41, 5.74) is 7.50. The van der Waals surface area contributed by atoms with Gasteiger partial charge in [-0.2, -0.15) is 0 Å². The van der Waals surface area contributed by atoms with Gasteiger partial charge in [-0.3, -0.25) is 0 Å². The van der Waals surface area contributed by atoms with E-state index < -0.39 is 0 Å². The number of thiocarbonyl (C=S) groups is 1. The quantitative estimate of drug-likeness (QED) is 0.689. The van der Waals surface area contributed by atoms with Crippen LogP contribution in [-0.4, -0.2) is 14.5 Å². The van der Waals surface area contributed by atoms with Gasteiger partial charge in [0.1, 0.15) is 4.99 Å². The minimum atomic E-state index is 0.332. The number of fused-ring (bicyclic) bond motifs is 1. The Balaban J connectivity index is 2.81. The summed E-state index contributed by atoms with van der Waals surface area (Å²) in [5.74, 6) is 0.663. The molecule has 2 rings (SSSR count). The number of aromatic nitrogens is 2. The lowest BCUT2D eigenvalue weighted by atomic mass is 10.3. The lowest BCUT2D eigenvalue weighted by Gasteiger charge is -1.97. The maximum absolute atomic E-state index is 5.53. The number of nitrogens with zero attached hydrogens (tertiary/aromatic N) is 2. The minimum Gasteiger partial charge on any atom is -0.387 e. The van der Waals surface area contributed by atoms with Crippen molar-refractivity contribution in [2.24, 2.45) is 12.8 Å². The molecule has 1 aromatic heterocycles. The topological polar surface area (TPSA) is 43.8 Å². The fourth-order valence-electron chi connectivity index (χ4n) is 1.37. The molecule has 1 heterocycles. The van der Waals surface area contributed by atoms with E-state index >= 15 is 0 Å². The first-order valence-corrected chi connectivity index (χ1v) is 4.32. The first-order chi connectivity index (χ1) is 6.20. The molecule has 0 aliphatic rings.